The van der Waals surface area contributed by atoms with Gasteiger partial charge in [-0.2, -0.15) is 0 Å². The highest BCUT2D eigenvalue weighted by atomic mass is 35.5. The number of quaternary nitrogens is 1. The summed E-state index contributed by atoms with van der Waals surface area (Å²) in [5, 5.41) is 2.91. The lowest BCUT2D eigenvalue weighted by atomic mass is 10.0. The Kier molecular flexibility index (Phi) is 5.63. The quantitative estimate of drug-likeness (QED) is 0.616. The summed E-state index contributed by atoms with van der Waals surface area (Å²) >= 11 is 0. The average molecular weight is 269 g/mol. The summed E-state index contributed by atoms with van der Waals surface area (Å²) in [5.41, 5.74) is 3.56. The van der Waals surface area contributed by atoms with Crippen LogP contribution in [-0.2, 0) is 17.6 Å². The summed E-state index contributed by atoms with van der Waals surface area (Å²) in [5.74, 6) is 0.127. The molecule has 0 fully saturated rings. The van der Waals surface area contributed by atoms with Gasteiger partial charge in [-0.15, -0.1) is 0 Å². The standard InChI is InChI=1S/C14H20N2O.ClH/c1-3-16(4-2)9-8-11-6-5-7-13-12(11)10-14(17)15-13;/h5-7H,3-4,8-10H2,1-2H3,(H,15,17);1H. The van der Waals surface area contributed by atoms with Crippen molar-refractivity contribution in [3.05, 3.63) is 29.3 Å². The van der Waals surface area contributed by atoms with Crippen LogP contribution in [0.15, 0.2) is 18.2 Å². The number of halogens is 1. The molecule has 1 amide bonds. The Morgan fingerprint density at radius 2 is 2.00 bits per heavy atom. The fraction of sp³-hybridized carbons (Fsp3) is 0.500. The summed E-state index contributed by atoms with van der Waals surface area (Å²) in [6, 6.07) is 6.19. The van der Waals surface area contributed by atoms with E-state index in [4.69, 9.17) is 0 Å². The van der Waals surface area contributed by atoms with E-state index in [2.05, 4.69) is 25.2 Å². The predicted octanol–water partition coefficient (Wildman–Crippen LogP) is -2.35. The van der Waals surface area contributed by atoms with Gasteiger partial charge in [0.25, 0.3) is 0 Å². The number of rotatable bonds is 5. The van der Waals surface area contributed by atoms with Crippen molar-refractivity contribution in [2.24, 2.45) is 0 Å². The molecule has 18 heavy (non-hydrogen) atoms. The molecule has 100 valence electrons. The molecule has 0 aromatic heterocycles. The van der Waals surface area contributed by atoms with Gasteiger partial charge in [0.05, 0.1) is 26.1 Å². The fourth-order valence-electron chi connectivity index (χ4n) is 2.46. The van der Waals surface area contributed by atoms with Gasteiger partial charge in [0.1, 0.15) is 0 Å². The number of benzene rings is 1. The Hall–Kier alpha value is -1.06. The molecule has 2 N–H and O–H groups in total. The van der Waals surface area contributed by atoms with Gasteiger partial charge in [-0.05, 0) is 31.0 Å². The Bertz CT molecular complexity index is 416. The molecule has 0 radical (unpaired) electrons. The van der Waals surface area contributed by atoms with Crippen LogP contribution >= 0.6 is 0 Å². The lowest BCUT2D eigenvalue weighted by Gasteiger charge is -2.16. The maximum absolute atomic E-state index is 11.4. The molecule has 0 unspecified atom stereocenters. The number of amides is 1. The number of nitrogens with one attached hydrogen (secondary N) is 2. The van der Waals surface area contributed by atoms with Crippen molar-refractivity contribution in [3.63, 3.8) is 0 Å². The Balaban J connectivity index is 0.00000162. The molecule has 1 aromatic rings. The third-order valence-corrected chi connectivity index (χ3v) is 3.63. The number of fused-ring (bicyclic) bond motifs is 1. The summed E-state index contributed by atoms with van der Waals surface area (Å²) in [7, 11) is 0. The topological polar surface area (TPSA) is 33.5 Å². The molecule has 0 saturated heterocycles. The molecule has 0 aliphatic carbocycles. The molecule has 3 nitrogen and oxygen atoms in total. The van der Waals surface area contributed by atoms with Gasteiger partial charge < -0.3 is 22.6 Å². The second-order valence-electron chi connectivity index (χ2n) is 4.63. The number of anilines is 1. The number of hydrogen-bond acceptors (Lipinski definition) is 1. The monoisotopic (exact) mass is 268 g/mol. The Morgan fingerprint density at radius 1 is 1.28 bits per heavy atom. The van der Waals surface area contributed by atoms with Crippen molar-refractivity contribution in [1.29, 1.82) is 0 Å². The van der Waals surface area contributed by atoms with Crippen LogP contribution in [0.25, 0.3) is 0 Å². The summed E-state index contributed by atoms with van der Waals surface area (Å²) in [6.07, 6.45) is 1.62. The van der Waals surface area contributed by atoms with E-state index in [1.165, 1.54) is 24.2 Å². The van der Waals surface area contributed by atoms with Crippen molar-refractivity contribution in [3.8, 4) is 0 Å². The van der Waals surface area contributed by atoms with Crippen LogP contribution in [0, 0.1) is 0 Å². The van der Waals surface area contributed by atoms with Crippen LogP contribution in [0.5, 0.6) is 0 Å². The zero-order valence-electron chi connectivity index (χ0n) is 11.1. The molecule has 1 heterocycles. The predicted molar refractivity (Wildman–Crippen MR) is 69.4 cm³/mol. The third-order valence-electron chi connectivity index (χ3n) is 3.63. The second kappa shape index (κ2) is 6.76. The highest BCUT2D eigenvalue weighted by Crippen LogP contribution is 2.26. The molecular weight excluding hydrogens is 248 g/mol. The van der Waals surface area contributed by atoms with E-state index in [1.807, 2.05) is 12.1 Å². The van der Waals surface area contributed by atoms with Gasteiger partial charge in [-0.25, -0.2) is 0 Å². The summed E-state index contributed by atoms with van der Waals surface area (Å²) in [4.78, 5) is 13.0. The van der Waals surface area contributed by atoms with Crippen LogP contribution in [-0.4, -0.2) is 25.5 Å². The highest BCUT2D eigenvalue weighted by molar-refractivity contribution is 5.99. The first-order valence-electron chi connectivity index (χ1n) is 6.48. The minimum atomic E-state index is 0. The van der Waals surface area contributed by atoms with Crippen LogP contribution < -0.4 is 22.6 Å². The smallest absolute Gasteiger partial charge is 0.228 e. The van der Waals surface area contributed by atoms with Gasteiger partial charge in [-0.1, -0.05) is 12.1 Å². The minimum absolute atomic E-state index is 0. The van der Waals surface area contributed by atoms with E-state index >= 15 is 0 Å². The van der Waals surface area contributed by atoms with Crippen LogP contribution in [0.3, 0.4) is 0 Å². The molecular formula is C14H21ClN2O. The van der Waals surface area contributed by atoms with E-state index in [0.717, 1.165) is 18.7 Å². The van der Waals surface area contributed by atoms with Crippen molar-refractivity contribution in [2.45, 2.75) is 26.7 Å². The number of carbonyl (C=O) groups excluding carboxylic acids is 1. The van der Waals surface area contributed by atoms with Gasteiger partial charge in [0.15, 0.2) is 0 Å². The molecule has 0 saturated carbocycles. The second-order valence-corrected chi connectivity index (χ2v) is 4.63. The van der Waals surface area contributed by atoms with E-state index in [0.29, 0.717) is 6.42 Å². The number of likely N-dealkylation sites (N-methyl/N-ethyl adjacent to an activating group) is 1. The molecule has 1 aliphatic heterocycles. The maximum atomic E-state index is 11.4. The van der Waals surface area contributed by atoms with E-state index < -0.39 is 0 Å². The summed E-state index contributed by atoms with van der Waals surface area (Å²) in [6.45, 7) is 7.93. The van der Waals surface area contributed by atoms with Crippen LogP contribution in [0.4, 0.5) is 5.69 Å². The lowest BCUT2D eigenvalue weighted by molar-refractivity contribution is -0.896. The summed E-state index contributed by atoms with van der Waals surface area (Å²) < 4.78 is 0. The third kappa shape index (κ3) is 3.24. The molecule has 4 heteroatoms. The first-order valence-corrected chi connectivity index (χ1v) is 6.48. The van der Waals surface area contributed by atoms with E-state index in [1.54, 1.807) is 4.90 Å². The first-order chi connectivity index (χ1) is 8.24. The normalized spacial score (nSPS) is 13.2. The number of hydrogen-bond donors (Lipinski definition) is 2. The SMILES string of the molecule is CC[NH+](CC)CCc1cccc2c1CC(=O)N2.[Cl-]. The van der Waals surface area contributed by atoms with Crippen LogP contribution in [0.2, 0.25) is 0 Å². The van der Waals surface area contributed by atoms with E-state index in [-0.39, 0.29) is 18.3 Å². The van der Waals surface area contributed by atoms with Crippen molar-refractivity contribution in [1.82, 2.24) is 0 Å². The highest BCUT2D eigenvalue weighted by Gasteiger charge is 2.20. The van der Waals surface area contributed by atoms with Crippen LogP contribution in [0.1, 0.15) is 25.0 Å². The zero-order chi connectivity index (χ0) is 12.3. The zero-order valence-corrected chi connectivity index (χ0v) is 11.8. The Labute approximate surface area is 115 Å². The largest absolute Gasteiger partial charge is 1.00 e. The van der Waals surface area contributed by atoms with Gasteiger partial charge in [0.2, 0.25) is 5.91 Å². The minimum Gasteiger partial charge on any atom is -1.00 e. The van der Waals surface area contributed by atoms with Crippen molar-refractivity contribution >= 4 is 11.6 Å². The fourth-order valence-corrected chi connectivity index (χ4v) is 2.46. The van der Waals surface area contributed by atoms with Crippen molar-refractivity contribution < 1.29 is 22.1 Å². The van der Waals surface area contributed by atoms with Gasteiger partial charge >= 0.3 is 0 Å². The molecule has 0 bridgehead atoms. The molecule has 1 aliphatic rings. The lowest BCUT2D eigenvalue weighted by Crippen LogP contribution is -3.11. The van der Waals surface area contributed by atoms with Crippen molar-refractivity contribution in [2.75, 3.05) is 25.0 Å². The van der Waals surface area contributed by atoms with E-state index in [9.17, 15) is 4.79 Å². The molecule has 0 spiro atoms. The molecule has 0 atom stereocenters. The molecule has 1 aromatic carbocycles. The van der Waals surface area contributed by atoms with Gasteiger partial charge in [-0.3, -0.25) is 4.79 Å². The Morgan fingerprint density at radius 3 is 2.67 bits per heavy atom. The average Bonchev–Trinajstić information content (AvgIpc) is 2.71. The van der Waals surface area contributed by atoms with Gasteiger partial charge in [0, 0.05) is 12.1 Å². The molecule has 2 rings (SSSR count). The maximum Gasteiger partial charge on any atom is 0.228 e. The first kappa shape index (κ1) is 15.0. The number of carbonyl (C=O) groups is 1.